The smallest absolute Gasteiger partial charge is 0.275 e. The number of rotatable bonds is 3. The number of hydrogen-bond acceptors (Lipinski definition) is 4. The first kappa shape index (κ1) is 18.0. The summed E-state index contributed by atoms with van der Waals surface area (Å²) in [5, 5.41) is 8.08. The standard InChI is InChI=1S/C22H22FN5O/c23-16-6-8-17(9-7-16)28-19-5-1-4-18(19)21(26-28)22(29)27-12-11-25-14-20(27)15-3-2-10-24-13-15/h2-3,6-10,13,20,25H,1,4-5,11-12,14H2. The van der Waals surface area contributed by atoms with Gasteiger partial charge in [0.15, 0.2) is 5.69 Å². The van der Waals surface area contributed by atoms with Crippen LogP contribution in [0, 0.1) is 5.82 Å². The van der Waals surface area contributed by atoms with Crippen molar-refractivity contribution in [1.82, 2.24) is 25.0 Å². The van der Waals surface area contributed by atoms with E-state index in [0.29, 0.717) is 18.8 Å². The summed E-state index contributed by atoms with van der Waals surface area (Å²) >= 11 is 0. The Kier molecular flexibility index (Phi) is 4.60. The average molecular weight is 391 g/mol. The van der Waals surface area contributed by atoms with Crippen LogP contribution in [-0.4, -0.2) is 45.2 Å². The summed E-state index contributed by atoms with van der Waals surface area (Å²) in [5.74, 6) is -0.326. The van der Waals surface area contributed by atoms with Gasteiger partial charge in [0, 0.05) is 43.3 Å². The molecule has 29 heavy (non-hydrogen) atoms. The maximum Gasteiger partial charge on any atom is 0.275 e. The lowest BCUT2D eigenvalue weighted by atomic mass is 10.0. The lowest BCUT2D eigenvalue weighted by molar-refractivity contribution is 0.0626. The van der Waals surface area contributed by atoms with E-state index in [0.717, 1.165) is 48.3 Å². The van der Waals surface area contributed by atoms with E-state index in [9.17, 15) is 9.18 Å². The van der Waals surface area contributed by atoms with Gasteiger partial charge in [0.2, 0.25) is 0 Å². The third-order valence-corrected chi connectivity index (χ3v) is 5.78. The second-order valence-electron chi connectivity index (χ2n) is 7.52. The van der Waals surface area contributed by atoms with E-state index in [4.69, 9.17) is 5.10 Å². The van der Waals surface area contributed by atoms with Gasteiger partial charge in [0.25, 0.3) is 5.91 Å². The van der Waals surface area contributed by atoms with E-state index in [1.807, 2.05) is 27.9 Å². The molecule has 3 heterocycles. The number of pyridine rings is 1. The number of amides is 1. The van der Waals surface area contributed by atoms with Crippen LogP contribution in [-0.2, 0) is 12.8 Å². The van der Waals surface area contributed by atoms with E-state index in [1.54, 1.807) is 18.3 Å². The Hall–Kier alpha value is -3.06. The summed E-state index contributed by atoms with van der Waals surface area (Å²) in [4.78, 5) is 19.7. The van der Waals surface area contributed by atoms with Crippen LogP contribution in [0.3, 0.4) is 0 Å². The Morgan fingerprint density at radius 3 is 2.83 bits per heavy atom. The van der Waals surface area contributed by atoms with Gasteiger partial charge in [-0.1, -0.05) is 6.07 Å². The zero-order valence-electron chi connectivity index (χ0n) is 16.0. The molecule has 1 fully saturated rings. The van der Waals surface area contributed by atoms with Gasteiger partial charge in [0.1, 0.15) is 5.82 Å². The second kappa shape index (κ2) is 7.40. The van der Waals surface area contributed by atoms with Crippen LogP contribution in [0.4, 0.5) is 4.39 Å². The number of benzene rings is 1. The number of fused-ring (bicyclic) bond motifs is 1. The van der Waals surface area contributed by atoms with Gasteiger partial charge in [-0.2, -0.15) is 5.10 Å². The van der Waals surface area contributed by atoms with Crippen LogP contribution in [0.1, 0.15) is 39.8 Å². The van der Waals surface area contributed by atoms with Crippen molar-refractivity contribution in [2.24, 2.45) is 0 Å². The van der Waals surface area contributed by atoms with Gasteiger partial charge >= 0.3 is 0 Å². The number of hydrogen-bond donors (Lipinski definition) is 1. The third-order valence-electron chi connectivity index (χ3n) is 5.78. The maximum absolute atomic E-state index is 13.6. The normalized spacial score (nSPS) is 18.7. The van der Waals surface area contributed by atoms with Crippen LogP contribution >= 0.6 is 0 Å². The molecule has 1 aromatic carbocycles. The van der Waals surface area contributed by atoms with Gasteiger partial charge in [0.05, 0.1) is 11.7 Å². The Morgan fingerprint density at radius 1 is 1.17 bits per heavy atom. The molecule has 1 saturated heterocycles. The van der Waals surface area contributed by atoms with Gasteiger partial charge in [-0.25, -0.2) is 9.07 Å². The Bertz CT molecular complexity index is 1030. The highest BCUT2D eigenvalue weighted by molar-refractivity contribution is 5.94. The van der Waals surface area contributed by atoms with E-state index >= 15 is 0 Å². The van der Waals surface area contributed by atoms with Crippen molar-refractivity contribution in [3.63, 3.8) is 0 Å². The number of carbonyl (C=O) groups is 1. The molecule has 148 valence electrons. The number of nitrogens with zero attached hydrogens (tertiary/aromatic N) is 4. The van der Waals surface area contributed by atoms with Gasteiger partial charge in [-0.05, 0) is 55.2 Å². The van der Waals surface area contributed by atoms with Crippen LogP contribution in [0.5, 0.6) is 0 Å². The summed E-state index contributed by atoms with van der Waals surface area (Å²) in [6.45, 7) is 2.07. The molecule has 1 aliphatic heterocycles. The molecule has 2 aliphatic rings. The SMILES string of the molecule is O=C(c1nn(-c2ccc(F)cc2)c2c1CCC2)N1CCNCC1c1cccnc1. The van der Waals surface area contributed by atoms with Crippen LogP contribution in [0.2, 0.25) is 0 Å². The van der Waals surface area contributed by atoms with Gasteiger partial charge in [-0.15, -0.1) is 0 Å². The Labute approximate surface area is 168 Å². The predicted octanol–water partition coefficient (Wildman–Crippen LogP) is 2.68. The fourth-order valence-corrected chi connectivity index (χ4v) is 4.36. The molecule has 3 aromatic rings. The molecular formula is C22H22FN5O. The predicted molar refractivity (Wildman–Crippen MR) is 106 cm³/mol. The van der Waals surface area contributed by atoms with Crippen LogP contribution in [0.25, 0.3) is 5.69 Å². The summed E-state index contributed by atoms with van der Waals surface area (Å²) in [5.41, 5.74) is 4.42. The van der Waals surface area contributed by atoms with Crippen molar-refractivity contribution < 1.29 is 9.18 Å². The summed E-state index contributed by atoms with van der Waals surface area (Å²) in [7, 11) is 0. The van der Waals surface area contributed by atoms with E-state index in [2.05, 4.69) is 10.3 Å². The summed E-state index contributed by atoms with van der Waals surface area (Å²) in [6, 6.07) is 10.1. The topological polar surface area (TPSA) is 63.1 Å². The first-order valence-corrected chi connectivity index (χ1v) is 10.0. The highest BCUT2D eigenvalue weighted by Crippen LogP contribution is 2.31. The number of carbonyl (C=O) groups excluding carboxylic acids is 1. The van der Waals surface area contributed by atoms with Crippen molar-refractivity contribution in [1.29, 1.82) is 0 Å². The van der Waals surface area contributed by atoms with Crippen molar-refractivity contribution >= 4 is 5.91 Å². The highest BCUT2D eigenvalue weighted by atomic mass is 19.1. The van der Waals surface area contributed by atoms with E-state index in [1.165, 1.54) is 12.1 Å². The molecule has 0 spiro atoms. The third kappa shape index (κ3) is 3.21. The van der Waals surface area contributed by atoms with Crippen molar-refractivity contribution in [2.45, 2.75) is 25.3 Å². The van der Waals surface area contributed by atoms with E-state index < -0.39 is 0 Å². The van der Waals surface area contributed by atoms with Crippen molar-refractivity contribution in [2.75, 3.05) is 19.6 Å². The van der Waals surface area contributed by atoms with Crippen molar-refractivity contribution in [3.8, 4) is 5.69 Å². The molecule has 1 amide bonds. The van der Waals surface area contributed by atoms with Gasteiger partial charge in [-0.3, -0.25) is 9.78 Å². The lowest BCUT2D eigenvalue weighted by Crippen LogP contribution is -2.49. The minimum atomic E-state index is -0.283. The average Bonchev–Trinajstić information content (AvgIpc) is 3.38. The Morgan fingerprint density at radius 2 is 2.03 bits per heavy atom. The summed E-state index contributed by atoms with van der Waals surface area (Å²) in [6.07, 6.45) is 6.28. The fourth-order valence-electron chi connectivity index (χ4n) is 4.36. The molecule has 1 unspecified atom stereocenters. The maximum atomic E-state index is 13.6. The van der Waals surface area contributed by atoms with Crippen LogP contribution in [0.15, 0.2) is 48.8 Å². The zero-order valence-corrected chi connectivity index (χ0v) is 16.0. The zero-order chi connectivity index (χ0) is 19.8. The van der Waals surface area contributed by atoms with Crippen molar-refractivity contribution in [3.05, 3.63) is 77.1 Å². The monoisotopic (exact) mass is 391 g/mol. The molecule has 0 saturated carbocycles. The largest absolute Gasteiger partial charge is 0.328 e. The van der Waals surface area contributed by atoms with Gasteiger partial charge < -0.3 is 10.2 Å². The first-order valence-electron chi connectivity index (χ1n) is 10.0. The fraction of sp³-hybridized carbons (Fsp3) is 0.318. The summed E-state index contributed by atoms with van der Waals surface area (Å²) < 4.78 is 15.2. The molecular weight excluding hydrogens is 369 g/mol. The molecule has 0 radical (unpaired) electrons. The minimum Gasteiger partial charge on any atom is -0.328 e. The van der Waals surface area contributed by atoms with E-state index in [-0.39, 0.29) is 17.8 Å². The number of piperazine rings is 1. The number of nitrogens with one attached hydrogen (secondary N) is 1. The molecule has 0 bridgehead atoms. The molecule has 2 aromatic heterocycles. The molecule has 5 rings (SSSR count). The number of halogens is 1. The highest BCUT2D eigenvalue weighted by Gasteiger charge is 2.34. The molecule has 6 nitrogen and oxygen atoms in total. The second-order valence-corrected chi connectivity index (χ2v) is 7.52. The molecule has 1 atom stereocenters. The molecule has 7 heteroatoms. The quantitative estimate of drug-likeness (QED) is 0.746. The lowest BCUT2D eigenvalue weighted by Gasteiger charge is -2.36. The molecule has 1 aliphatic carbocycles. The molecule has 1 N–H and O–H groups in total. The Balaban J connectivity index is 1.52. The number of aromatic nitrogens is 3. The minimum absolute atomic E-state index is 0.0423. The first-order chi connectivity index (χ1) is 14.2. The van der Waals surface area contributed by atoms with Crippen LogP contribution < -0.4 is 5.32 Å².